The number of benzene rings is 1. The van der Waals surface area contributed by atoms with Crippen molar-refractivity contribution in [2.75, 3.05) is 13.1 Å². The lowest BCUT2D eigenvalue weighted by molar-refractivity contribution is 0.760. The van der Waals surface area contributed by atoms with Crippen molar-refractivity contribution in [1.82, 2.24) is 15.6 Å². The van der Waals surface area contributed by atoms with E-state index in [4.69, 9.17) is 12.2 Å². The first-order valence-electron chi connectivity index (χ1n) is 7.90. The summed E-state index contributed by atoms with van der Waals surface area (Å²) in [6, 6.07) is 12.7. The van der Waals surface area contributed by atoms with Gasteiger partial charge in [0.1, 0.15) is 0 Å². The van der Waals surface area contributed by atoms with Crippen LogP contribution in [0.15, 0.2) is 60.1 Å². The van der Waals surface area contributed by atoms with Crippen LogP contribution in [0.1, 0.15) is 23.3 Å². The molecule has 0 aliphatic carbocycles. The van der Waals surface area contributed by atoms with Gasteiger partial charge in [-0.25, -0.2) is 0 Å². The second kappa shape index (κ2) is 7.64. The van der Waals surface area contributed by atoms with E-state index in [9.17, 15) is 0 Å². The molecule has 2 heterocycles. The fraction of sp³-hybridized carbons (Fsp3) is 0.211. The van der Waals surface area contributed by atoms with Gasteiger partial charge < -0.3 is 15.6 Å². The van der Waals surface area contributed by atoms with E-state index >= 15 is 0 Å². The molecular formula is C19H21N3S2. The molecule has 0 aliphatic heterocycles. The molecule has 0 saturated carbocycles. The minimum absolute atomic E-state index is 0.255. The van der Waals surface area contributed by atoms with E-state index in [0.29, 0.717) is 11.7 Å². The van der Waals surface area contributed by atoms with Crippen molar-refractivity contribution < 1.29 is 0 Å². The molecule has 24 heavy (non-hydrogen) atoms. The van der Waals surface area contributed by atoms with Gasteiger partial charge in [0.15, 0.2) is 5.11 Å². The Hall–Kier alpha value is -2.11. The molecule has 0 radical (unpaired) electrons. The van der Waals surface area contributed by atoms with E-state index in [-0.39, 0.29) is 5.92 Å². The van der Waals surface area contributed by atoms with Gasteiger partial charge in [-0.05, 0) is 42.2 Å². The highest BCUT2D eigenvalue weighted by molar-refractivity contribution is 7.80. The van der Waals surface area contributed by atoms with Crippen LogP contribution in [0.25, 0.3) is 10.9 Å². The third kappa shape index (κ3) is 3.86. The Morgan fingerprint density at radius 1 is 1.25 bits per heavy atom. The number of fused-ring (bicyclic) bond motifs is 1. The summed E-state index contributed by atoms with van der Waals surface area (Å²) in [6.07, 6.45) is 2.11. The van der Waals surface area contributed by atoms with E-state index in [1.165, 1.54) is 15.8 Å². The van der Waals surface area contributed by atoms with Gasteiger partial charge in [-0.1, -0.05) is 36.4 Å². The topological polar surface area (TPSA) is 39.8 Å². The van der Waals surface area contributed by atoms with Crippen molar-refractivity contribution in [3.63, 3.8) is 0 Å². The molecule has 0 aliphatic rings. The third-order valence-corrected chi connectivity index (χ3v) is 5.18. The summed E-state index contributed by atoms with van der Waals surface area (Å²) in [5.74, 6) is 0.255. The van der Waals surface area contributed by atoms with Gasteiger partial charge in [-0.3, -0.25) is 0 Å². The largest absolute Gasteiger partial charge is 0.362 e. The molecule has 124 valence electrons. The summed E-state index contributed by atoms with van der Waals surface area (Å²) in [7, 11) is 0. The zero-order chi connectivity index (χ0) is 16.9. The molecule has 3 aromatic rings. The maximum atomic E-state index is 5.38. The Bertz CT molecular complexity index is 833. The summed E-state index contributed by atoms with van der Waals surface area (Å²) < 4.78 is 0. The van der Waals surface area contributed by atoms with Crippen LogP contribution in [0.5, 0.6) is 0 Å². The van der Waals surface area contributed by atoms with Gasteiger partial charge in [0.05, 0.1) is 0 Å². The van der Waals surface area contributed by atoms with Crippen molar-refractivity contribution in [3.8, 4) is 0 Å². The second-order valence-electron chi connectivity index (χ2n) is 5.88. The highest BCUT2D eigenvalue weighted by Gasteiger charge is 2.19. The van der Waals surface area contributed by atoms with Gasteiger partial charge in [0.2, 0.25) is 0 Å². The van der Waals surface area contributed by atoms with Crippen molar-refractivity contribution in [2.45, 2.75) is 12.8 Å². The number of nitrogens with one attached hydrogen (secondary N) is 3. The zero-order valence-corrected chi connectivity index (χ0v) is 15.3. The Kier molecular flexibility index (Phi) is 5.33. The molecule has 3 nitrogen and oxygen atoms in total. The number of aromatic nitrogens is 1. The van der Waals surface area contributed by atoms with Gasteiger partial charge in [-0.2, -0.15) is 0 Å². The maximum absolute atomic E-state index is 5.38. The quantitative estimate of drug-likeness (QED) is 0.453. The van der Waals surface area contributed by atoms with E-state index in [1.807, 2.05) is 6.92 Å². The number of hydrogen-bond acceptors (Lipinski definition) is 2. The fourth-order valence-corrected chi connectivity index (χ4v) is 3.73. The predicted molar refractivity (Wildman–Crippen MR) is 108 cm³/mol. The molecule has 0 spiro atoms. The van der Waals surface area contributed by atoms with Crippen molar-refractivity contribution in [1.29, 1.82) is 0 Å². The summed E-state index contributed by atoms with van der Waals surface area (Å²) in [5.41, 5.74) is 3.52. The van der Waals surface area contributed by atoms with Crippen LogP contribution in [0.2, 0.25) is 0 Å². The first-order valence-corrected chi connectivity index (χ1v) is 9.19. The molecule has 3 rings (SSSR count). The van der Waals surface area contributed by atoms with Crippen LogP contribution >= 0.6 is 23.6 Å². The molecular weight excluding hydrogens is 334 g/mol. The SMILES string of the molecule is C=C(C)CNC(=S)NCC(c1cccs1)c1c[nH]c2ccccc12. The fourth-order valence-electron chi connectivity index (χ4n) is 2.72. The van der Waals surface area contributed by atoms with Gasteiger partial charge in [0, 0.05) is 41.0 Å². The minimum Gasteiger partial charge on any atom is -0.362 e. The molecule has 1 atom stereocenters. The molecule has 0 saturated heterocycles. The number of thiophene rings is 1. The predicted octanol–water partition coefficient (Wildman–Crippen LogP) is 4.40. The lowest BCUT2D eigenvalue weighted by Gasteiger charge is -2.18. The van der Waals surface area contributed by atoms with Crippen LogP contribution in [0.4, 0.5) is 0 Å². The Balaban J connectivity index is 1.80. The van der Waals surface area contributed by atoms with Gasteiger partial charge >= 0.3 is 0 Å². The third-order valence-electron chi connectivity index (χ3n) is 3.90. The summed E-state index contributed by atoms with van der Waals surface area (Å²) in [5, 5.41) is 10.6. The zero-order valence-electron chi connectivity index (χ0n) is 13.6. The Morgan fingerprint density at radius 2 is 2.08 bits per heavy atom. The normalized spacial score (nSPS) is 12.0. The average Bonchev–Trinajstić information content (AvgIpc) is 3.24. The van der Waals surface area contributed by atoms with Crippen LogP contribution in [0.3, 0.4) is 0 Å². The summed E-state index contributed by atoms with van der Waals surface area (Å²) in [6.45, 7) is 7.32. The van der Waals surface area contributed by atoms with E-state index < -0.39 is 0 Å². The van der Waals surface area contributed by atoms with Gasteiger partial charge in [-0.15, -0.1) is 11.3 Å². The molecule has 2 aromatic heterocycles. The van der Waals surface area contributed by atoms with E-state index in [2.05, 4.69) is 70.2 Å². The number of para-hydroxylation sites is 1. The smallest absolute Gasteiger partial charge is 0.166 e. The average molecular weight is 356 g/mol. The van der Waals surface area contributed by atoms with E-state index in [0.717, 1.165) is 17.6 Å². The first kappa shape index (κ1) is 16.7. The molecule has 0 bridgehead atoms. The number of hydrogen-bond donors (Lipinski definition) is 3. The standard InChI is InChI=1S/C19H21N3S2/c1-13(2)10-21-19(23)22-12-16(18-8-5-9-24-18)15-11-20-17-7-4-3-6-14(15)17/h3-9,11,16,20H,1,10,12H2,2H3,(H2,21,22,23). The van der Waals surface area contributed by atoms with Crippen LogP contribution in [-0.4, -0.2) is 23.2 Å². The van der Waals surface area contributed by atoms with Gasteiger partial charge in [0.25, 0.3) is 0 Å². The number of H-pyrrole nitrogens is 1. The Morgan fingerprint density at radius 3 is 2.83 bits per heavy atom. The maximum Gasteiger partial charge on any atom is 0.166 e. The summed E-state index contributed by atoms with van der Waals surface area (Å²) >= 11 is 7.15. The highest BCUT2D eigenvalue weighted by Crippen LogP contribution is 2.32. The van der Waals surface area contributed by atoms with Crippen LogP contribution in [0, 0.1) is 0 Å². The Labute approximate surface area is 151 Å². The monoisotopic (exact) mass is 355 g/mol. The van der Waals surface area contributed by atoms with Crippen LogP contribution < -0.4 is 10.6 Å². The van der Waals surface area contributed by atoms with Crippen molar-refractivity contribution in [2.24, 2.45) is 0 Å². The van der Waals surface area contributed by atoms with Crippen molar-refractivity contribution >= 4 is 39.6 Å². The van der Waals surface area contributed by atoms with Crippen molar-refractivity contribution in [3.05, 3.63) is 70.6 Å². The lowest BCUT2D eigenvalue weighted by atomic mass is 9.97. The molecule has 3 N–H and O–H groups in total. The first-order chi connectivity index (χ1) is 11.6. The second-order valence-corrected chi connectivity index (χ2v) is 7.27. The van der Waals surface area contributed by atoms with E-state index in [1.54, 1.807) is 11.3 Å². The summed E-state index contributed by atoms with van der Waals surface area (Å²) in [4.78, 5) is 4.70. The number of rotatable bonds is 6. The highest BCUT2D eigenvalue weighted by atomic mass is 32.1. The lowest BCUT2D eigenvalue weighted by Crippen LogP contribution is -2.38. The molecule has 1 aromatic carbocycles. The minimum atomic E-state index is 0.255. The van der Waals surface area contributed by atoms with Crippen LogP contribution in [-0.2, 0) is 0 Å². The molecule has 0 fully saturated rings. The molecule has 1 unspecified atom stereocenters. The number of aromatic amines is 1. The molecule has 0 amide bonds. The number of thiocarbonyl (C=S) groups is 1. The molecule has 5 heteroatoms.